The van der Waals surface area contributed by atoms with Crippen LogP contribution in [0.25, 0.3) is 0 Å². The van der Waals surface area contributed by atoms with Crippen molar-refractivity contribution < 1.29 is 9.90 Å². The van der Waals surface area contributed by atoms with E-state index in [9.17, 15) is 4.79 Å². The molecule has 94 valence electrons. The molecule has 1 fully saturated rings. The summed E-state index contributed by atoms with van der Waals surface area (Å²) in [6.07, 6.45) is 3.13. The van der Waals surface area contributed by atoms with Gasteiger partial charge in [0.1, 0.15) is 5.75 Å². The number of rotatable bonds is 2. The van der Waals surface area contributed by atoms with E-state index in [4.69, 9.17) is 5.11 Å². The Bertz CT molecular complexity index is 361. The van der Waals surface area contributed by atoms with Crippen molar-refractivity contribution in [2.45, 2.75) is 25.3 Å². The summed E-state index contributed by atoms with van der Waals surface area (Å²) in [5.74, 6) is 0.208. The van der Waals surface area contributed by atoms with Crippen LogP contribution in [0.15, 0.2) is 24.3 Å². The van der Waals surface area contributed by atoms with Gasteiger partial charge in [0.05, 0.1) is 6.04 Å². The zero-order chi connectivity index (χ0) is 11.4. The number of piperidine rings is 1. The molecule has 3 N–H and O–H groups in total. The van der Waals surface area contributed by atoms with Gasteiger partial charge in [-0.1, -0.05) is 6.42 Å². The Labute approximate surface area is 107 Å². The highest BCUT2D eigenvalue weighted by Gasteiger charge is 2.20. The monoisotopic (exact) mass is 256 g/mol. The zero-order valence-electron chi connectivity index (χ0n) is 9.48. The molecule has 2 rings (SSSR count). The number of halogens is 1. The molecule has 17 heavy (non-hydrogen) atoms. The maximum Gasteiger partial charge on any atom is 0.241 e. The van der Waals surface area contributed by atoms with Crippen LogP contribution >= 0.6 is 12.4 Å². The number of nitrogens with one attached hydrogen (secondary N) is 2. The molecule has 1 saturated heterocycles. The maximum atomic E-state index is 11.8. The molecule has 1 heterocycles. The SMILES string of the molecule is Cl.O=C(Nc1ccc(O)cc1)[C@@H]1CCCCN1. The minimum atomic E-state index is -0.0810. The third-order valence-electron chi connectivity index (χ3n) is 2.76. The maximum absolute atomic E-state index is 11.8. The average Bonchev–Trinajstić information content (AvgIpc) is 2.33. The number of amides is 1. The fourth-order valence-corrected chi connectivity index (χ4v) is 1.85. The number of aromatic hydroxyl groups is 1. The van der Waals surface area contributed by atoms with Gasteiger partial charge in [0.2, 0.25) is 5.91 Å². The number of benzene rings is 1. The summed E-state index contributed by atoms with van der Waals surface area (Å²) in [6, 6.07) is 6.42. The van der Waals surface area contributed by atoms with Crippen LogP contribution in [0.1, 0.15) is 19.3 Å². The third kappa shape index (κ3) is 3.91. The number of carbonyl (C=O) groups excluding carboxylic acids is 1. The van der Waals surface area contributed by atoms with E-state index in [1.807, 2.05) is 0 Å². The fourth-order valence-electron chi connectivity index (χ4n) is 1.85. The lowest BCUT2D eigenvalue weighted by molar-refractivity contribution is -0.118. The van der Waals surface area contributed by atoms with Gasteiger partial charge < -0.3 is 15.7 Å². The van der Waals surface area contributed by atoms with Crippen molar-refractivity contribution in [1.82, 2.24) is 5.32 Å². The van der Waals surface area contributed by atoms with Crippen LogP contribution in [0.2, 0.25) is 0 Å². The number of phenolic OH excluding ortho intramolecular Hbond substituents is 1. The van der Waals surface area contributed by atoms with Crippen molar-refractivity contribution in [2.24, 2.45) is 0 Å². The van der Waals surface area contributed by atoms with Crippen LogP contribution in [0.3, 0.4) is 0 Å². The molecule has 0 bridgehead atoms. The first-order valence-electron chi connectivity index (χ1n) is 5.59. The molecular formula is C12H17ClN2O2. The predicted octanol–water partition coefficient (Wildman–Crippen LogP) is 1.89. The largest absolute Gasteiger partial charge is 0.508 e. The van der Waals surface area contributed by atoms with Gasteiger partial charge in [0, 0.05) is 5.69 Å². The van der Waals surface area contributed by atoms with E-state index in [0.29, 0.717) is 0 Å². The summed E-state index contributed by atoms with van der Waals surface area (Å²) in [4.78, 5) is 11.8. The second-order valence-corrected chi connectivity index (χ2v) is 4.04. The van der Waals surface area contributed by atoms with Crippen molar-refractivity contribution in [3.05, 3.63) is 24.3 Å². The van der Waals surface area contributed by atoms with E-state index in [-0.39, 0.29) is 30.1 Å². The molecule has 0 aromatic heterocycles. The first kappa shape index (κ1) is 13.8. The first-order valence-corrected chi connectivity index (χ1v) is 5.59. The molecule has 1 aliphatic heterocycles. The lowest BCUT2D eigenvalue weighted by Gasteiger charge is -2.22. The number of carbonyl (C=O) groups is 1. The van der Waals surface area contributed by atoms with Gasteiger partial charge >= 0.3 is 0 Å². The van der Waals surface area contributed by atoms with Crippen LogP contribution in [0, 0.1) is 0 Å². The van der Waals surface area contributed by atoms with Gasteiger partial charge in [-0.15, -0.1) is 12.4 Å². The van der Waals surface area contributed by atoms with Gasteiger partial charge in [0.15, 0.2) is 0 Å². The smallest absolute Gasteiger partial charge is 0.241 e. The molecule has 1 amide bonds. The van der Waals surface area contributed by atoms with Crippen molar-refractivity contribution in [1.29, 1.82) is 0 Å². The quantitative estimate of drug-likeness (QED) is 0.709. The topological polar surface area (TPSA) is 61.4 Å². The normalized spacial score (nSPS) is 19.2. The molecule has 4 nitrogen and oxygen atoms in total. The Morgan fingerprint density at radius 3 is 2.59 bits per heavy atom. The van der Waals surface area contributed by atoms with Crippen LogP contribution in [0.5, 0.6) is 5.75 Å². The number of anilines is 1. The Hall–Kier alpha value is -1.26. The van der Waals surface area contributed by atoms with Crippen molar-refractivity contribution >= 4 is 24.0 Å². The minimum absolute atomic E-state index is 0. The summed E-state index contributed by atoms with van der Waals surface area (Å²) in [5, 5.41) is 15.1. The van der Waals surface area contributed by atoms with Crippen LogP contribution in [-0.2, 0) is 4.79 Å². The third-order valence-corrected chi connectivity index (χ3v) is 2.76. The van der Waals surface area contributed by atoms with E-state index >= 15 is 0 Å². The average molecular weight is 257 g/mol. The van der Waals surface area contributed by atoms with Gasteiger partial charge in [-0.2, -0.15) is 0 Å². The summed E-state index contributed by atoms with van der Waals surface area (Å²) >= 11 is 0. The van der Waals surface area contributed by atoms with Gasteiger partial charge in [-0.3, -0.25) is 4.79 Å². The highest BCUT2D eigenvalue weighted by atomic mass is 35.5. The molecule has 1 aliphatic rings. The van der Waals surface area contributed by atoms with Crippen molar-refractivity contribution in [2.75, 3.05) is 11.9 Å². The van der Waals surface area contributed by atoms with Gasteiger partial charge in [-0.05, 0) is 43.7 Å². The summed E-state index contributed by atoms with van der Waals surface area (Å²) < 4.78 is 0. The number of hydrogen-bond acceptors (Lipinski definition) is 3. The van der Waals surface area contributed by atoms with Gasteiger partial charge in [0.25, 0.3) is 0 Å². The molecule has 0 aliphatic carbocycles. The number of phenols is 1. The van der Waals surface area contributed by atoms with E-state index in [0.717, 1.165) is 31.5 Å². The predicted molar refractivity (Wildman–Crippen MR) is 69.6 cm³/mol. The van der Waals surface area contributed by atoms with E-state index in [1.54, 1.807) is 24.3 Å². The van der Waals surface area contributed by atoms with Crippen LogP contribution in [0.4, 0.5) is 5.69 Å². The fraction of sp³-hybridized carbons (Fsp3) is 0.417. The second kappa shape index (κ2) is 6.47. The van der Waals surface area contributed by atoms with Gasteiger partial charge in [-0.25, -0.2) is 0 Å². The highest BCUT2D eigenvalue weighted by molar-refractivity contribution is 5.94. The molecule has 0 unspecified atom stereocenters. The Kier molecular flexibility index (Phi) is 5.25. The van der Waals surface area contributed by atoms with Crippen molar-refractivity contribution in [3.8, 4) is 5.75 Å². The highest BCUT2D eigenvalue weighted by Crippen LogP contribution is 2.15. The molecule has 1 atom stereocenters. The Morgan fingerprint density at radius 1 is 1.29 bits per heavy atom. The van der Waals surface area contributed by atoms with Crippen molar-refractivity contribution in [3.63, 3.8) is 0 Å². The summed E-state index contributed by atoms with van der Waals surface area (Å²) in [6.45, 7) is 0.910. The number of hydrogen-bond donors (Lipinski definition) is 3. The Morgan fingerprint density at radius 2 is 2.00 bits per heavy atom. The lowest BCUT2D eigenvalue weighted by Crippen LogP contribution is -2.43. The van der Waals surface area contributed by atoms with Crippen LogP contribution < -0.4 is 10.6 Å². The molecule has 5 heteroatoms. The summed E-state index contributed by atoms with van der Waals surface area (Å²) in [5.41, 5.74) is 0.718. The van der Waals surface area contributed by atoms with E-state index in [1.165, 1.54) is 0 Å². The minimum Gasteiger partial charge on any atom is -0.508 e. The standard InChI is InChI=1S/C12H16N2O2.ClH/c15-10-6-4-9(5-7-10)14-12(16)11-3-1-2-8-13-11;/h4-7,11,13,15H,1-3,8H2,(H,14,16);1H/t11-;/m0./s1. The molecule has 0 spiro atoms. The van der Waals surface area contributed by atoms with E-state index in [2.05, 4.69) is 10.6 Å². The molecule has 0 saturated carbocycles. The van der Waals surface area contributed by atoms with Crippen LogP contribution in [-0.4, -0.2) is 23.6 Å². The molecule has 1 aromatic rings. The lowest BCUT2D eigenvalue weighted by atomic mass is 10.0. The molecular weight excluding hydrogens is 240 g/mol. The zero-order valence-corrected chi connectivity index (χ0v) is 10.3. The summed E-state index contributed by atoms with van der Waals surface area (Å²) in [7, 11) is 0. The molecule has 1 aromatic carbocycles. The van der Waals surface area contributed by atoms with E-state index < -0.39 is 0 Å². The second-order valence-electron chi connectivity index (χ2n) is 4.04. The molecule has 0 radical (unpaired) electrons. The Balaban J connectivity index is 0.00000144. The first-order chi connectivity index (χ1) is 7.75.